The molecule has 2 amide bonds. The molecule has 1 atom stereocenters. The van der Waals surface area contributed by atoms with Crippen LogP contribution in [0.2, 0.25) is 0 Å². The Labute approximate surface area is 144 Å². The molecule has 1 saturated heterocycles. The van der Waals surface area contributed by atoms with Gasteiger partial charge in [-0.2, -0.15) is 0 Å². The lowest BCUT2D eigenvalue weighted by Crippen LogP contribution is -2.47. The third-order valence-electron chi connectivity index (χ3n) is 4.30. The van der Waals surface area contributed by atoms with E-state index in [0.29, 0.717) is 12.5 Å². The van der Waals surface area contributed by atoms with E-state index in [1.54, 1.807) is 16.2 Å². The van der Waals surface area contributed by atoms with Crippen molar-refractivity contribution in [3.05, 3.63) is 21.9 Å². The highest BCUT2D eigenvalue weighted by molar-refractivity contribution is 7.11. The van der Waals surface area contributed by atoms with Crippen LogP contribution in [0.5, 0.6) is 0 Å². The van der Waals surface area contributed by atoms with Crippen molar-refractivity contribution in [2.45, 2.75) is 20.4 Å². The zero-order chi connectivity index (χ0) is 16.8. The second-order valence-corrected chi connectivity index (χ2v) is 8.14. The van der Waals surface area contributed by atoms with Crippen molar-refractivity contribution in [3.63, 3.8) is 0 Å². The lowest BCUT2D eigenvalue weighted by atomic mass is 10.1. The molecule has 1 aromatic rings. The van der Waals surface area contributed by atoms with E-state index in [1.165, 1.54) is 9.75 Å². The van der Waals surface area contributed by atoms with E-state index < -0.39 is 0 Å². The summed E-state index contributed by atoms with van der Waals surface area (Å²) in [4.78, 5) is 21.3. The predicted octanol–water partition coefficient (Wildman–Crippen LogP) is 2.08. The number of nitrogens with zero attached hydrogens (tertiary/aromatic N) is 3. The van der Waals surface area contributed by atoms with Crippen molar-refractivity contribution in [2.24, 2.45) is 5.92 Å². The summed E-state index contributed by atoms with van der Waals surface area (Å²) in [5, 5.41) is 3.06. The summed E-state index contributed by atoms with van der Waals surface area (Å²) >= 11 is 1.75. The maximum absolute atomic E-state index is 12.2. The highest BCUT2D eigenvalue weighted by Gasteiger charge is 2.17. The van der Waals surface area contributed by atoms with Crippen LogP contribution in [0.3, 0.4) is 0 Å². The first kappa shape index (κ1) is 18.2. The molecule has 6 heteroatoms. The first-order valence-electron chi connectivity index (χ1n) is 8.39. The molecule has 1 aliphatic rings. The number of hydrogen-bond acceptors (Lipinski definition) is 4. The average molecular weight is 339 g/mol. The van der Waals surface area contributed by atoms with Gasteiger partial charge in [0.2, 0.25) is 0 Å². The molecule has 1 N–H and O–H groups in total. The van der Waals surface area contributed by atoms with Crippen molar-refractivity contribution in [2.75, 3.05) is 53.4 Å². The van der Waals surface area contributed by atoms with Crippen LogP contribution in [0.25, 0.3) is 0 Å². The van der Waals surface area contributed by atoms with E-state index in [2.05, 4.69) is 48.1 Å². The number of urea groups is 1. The number of likely N-dealkylation sites (N-methyl/N-ethyl adjacent to an activating group) is 1. The molecule has 2 rings (SSSR count). The minimum Gasteiger partial charge on any atom is -0.338 e. The van der Waals surface area contributed by atoms with Gasteiger partial charge in [0.25, 0.3) is 0 Å². The molecular weight excluding hydrogens is 308 g/mol. The van der Waals surface area contributed by atoms with Crippen molar-refractivity contribution >= 4 is 17.4 Å². The maximum Gasteiger partial charge on any atom is 0.317 e. The van der Waals surface area contributed by atoms with Crippen LogP contribution < -0.4 is 5.32 Å². The Morgan fingerprint density at radius 2 is 2.04 bits per heavy atom. The molecule has 2 heterocycles. The minimum absolute atomic E-state index is 0.0151. The fourth-order valence-corrected chi connectivity index (χ4v) is 3.75. The quantitative estimate of drug-likeness (QED) is 0.863. The van der Waals surface area contributed by atoms with Gasteiger partial charge in [-0.15, -0.1) is 11.3 Å². The fraction of sp³-hybridized carbons (Fsp3) is 0.706. The summed E-state index contributed by atoms with van der Waals surface area (Å²) in [7, 11) is 4.03. The van der Waals surface area contributed by atoms with Crippen LogP contribution in [0.1, 0.15) is 16.7 Å². The van der Waals surface area contributed by atoms with Gasteiger partial charge in [0.05, 0.1) is 6.54 Å². The van der Waals surface area contributed by atoms with Gasteiger partial charge in [0.15, 0.2) is 0 Å². The van der Waals surface area contributed by atoms with Gasteiger partial charge in [-0.1, -0.05) is 6.92 Å². The molecule has 0 bridgehead atoms. The number of rotatable bonds is 6. The van der Waals surface area contributed by atoms with E-state index in [0.717, 1.165) is 39.3 Å². The van der Waals surface area contributed by atoms with Gasteiger partial charge in [-0.25, -0.2) is 4.79 Å². The standard InChI is InChI=1S/C17H30N4OS/c1-14(12-21-9-7-19(3)8-10-21)11-18-17(22)20(4)13-16-6-5-15(2)23-16/h5-6,14H,7-13H2,1-4H3,(H,18,22)/t14-/m1/s1. The van der Waals surface area contributed by atoms with Gasteiger partial charge in [0.1, 0.15) is 0 Å². The summed E-state index contributed by atoms with van der Waals surface area (Å²) in [5.74, 6) is 0.472. The van der Waals surface area contributed by atoms with Crippen LogP contribution in [0, 0.1) is 12.8 Å². The third kappa shape index (κ3) is 6.12. The van der Waals surface area contributed by atoms with E-state index in [4.69, 9.17) is 0 Å². The fourth-order valence-electron chi connectivity index (χ4n) is 2.81. The number of piperazine rings is 1. The number of hydrogen-bond donors (Lipinski definition) is 1. The Hall–Kier alpha value is -1.11. The molecule has 130 valence electrons. The van der Waals surface area contributed by atoms with E-state index in [1.807, 2.05) is 7.05 Å². The number of amides is 2. The zero-order valence-corrected chi connectivity index (χ0v) is 15.7. The highest BCUT2D eigenvalue weighted by atomic mass is 32.1. The normalized spacial score (nSPS) is 17.9. The topological polar surface area (TPSA) is 38.8 Å². The molecule has 1 aliphatic heterocycles. The second-order valence-electron chi connectivity index (χ2n) is 6.76. The van der Waals surface area contributed by atoms with Gasteiger partial charge in [-0.05, 0) is 32.0 Å². The molecule has 0 spiro atoms. The first-order valence-corrected chi connectivity index (χ1v) is 9.21. The lowest BCUT2D eigenvalue weighted by molar-refractivity contribution is 0.138. The van der Waals surface area contributed by atoms with Gasteiger partial charge in [-0.3, -0.25) is 0 Å². The molecule has 5 nitrogen and oxygen atoms in total. The Morgan fingerprint density at radius 1 is 1.35 bits per heavy atom. The summed E-state index contributed by atoms with van der Waals surface area (Å²) in [6.45, 7) is 11.3. The van der Waals surface area contributed by atoms with Crippen molar-refractivity contribution < 1.29 is 4.79 Å². The molecule has 0 aromatic carbocycles. The summed E-state index contributed by atoms with van der Waals surface area (Å²) in [5.41, 5.74) is 0. The highest BCUT2D eigenvalue weighted by Crippen LogP contribution is 2.16. The number of carbonyl (C=O) groups is 1. The largest absolute Gasteiger partial charge is 0.338 e. The molecule has 0 saturated carbocycles. The second kappa shape index (κ2) is 8.66. The molecule has 1 aromatic heterocycles. The zero-order valence-electron chi connectivity index (χ0n) is 14.8. The smallest absolute Gasteiger partial charge is 0.317 e. The van der Waals surface area contributed by atoms with Gasteiger partial charge < -0.3 is 20.0 Å². The van der Waals surface area contributed by atoms with Gasteiger partial charge in [0, 0.05) is 56.1 Å². The minimum atomic E-state index is 0.0151. The number of aryl methyl sites for hydroxylation is 1. The van der Waals surface area contributed by atoms with Crippen LogP contribution in [0.4, 0.5) is 4.79 Å². The number of nitrogens with one attached hydrogen (secondary N) is 1. The van der Waals surface area contributed by atoms with Gasteiger partial charge >= 0.3 is 6.03 Å². The Balaban J connectivity index is 1.66. The summed E-state index contributed by atoms with van der Waals surface area (Å²) in [6.07, 6.45) is 0. The molecular formula is C17H30N4OS. The van der Waals surface area contributed by atoms with Crippen molar-refractivity contribution in [1.29, 1.82) is 0 Å². The molecule has 0 aliphatic carbocycles. The lowest BCUT2D eigenvalue weighted by Gasteiger charge is -2.34. The monoisotopic (exact) mass is 338 g/mol. The van der Waals surface area contributed by atoms with E-state index in [9.17, 15) is 4.79 Å². The summed E-state index contributed by atoms with van der Waals surface area (Å²) in [6, 6.07) is 4.21. The number of thiophene rings is 1. The third-order valence-corrected chi connectivity index (χ3v) is 5.29. The van der Waals surface area contributed by atoms with Crippen LogP contribution in [-0.4, -0.2) is 74.1 Å². The first-order chi connectivity index (χ1) is 10.9. The Bertz CT molecular complexity index is 497. The van der Waals surface area contributed by atoms with Crippen LogP contribution in [0.15, 0.2) is 12.1 Å². The number of carbonyl (C=O) groups excluding carboxylic acids is 1. The molecule has 1 fully saturated rings. The van der Waals surface area contributed by atoms with Crippen molar-refractivity contribution in [1.82, 2.24) is 20.0 Å². The Kier molecular flexibility index (Phi) is 6.87. The molecule has 0 radical (unpaired) electrons. The Morgan fingerprint density at radius 3 is 2.65 bits per heavy atom. The molecule has 23 heavy (non-hydrogen) atoms. The van der Waals surface area contributed by atoms with Crippen LogP contribution in [-0.2, 0) is 6.54 Å². The predicted molar refractivity (Wildman–Crippen MR) is 97.0 cm³/mol. The van der Waals surface area contributed by atoms with E-state index >= 15 is 0 Å². The van der Waals surface area contributed by atoms with Crippen LogP contribution >= 0.6 is 11.3 Å². The average Bonchev–Trinajstić information content (AvgIpc) is 2.92. The maximum atomic E-state index is 12.2. The van der Waals surface area contributed by atoms with Crippen molar-refractivity contribution in [3.8, 4) is 0 Å². The SMILES string of the molecule is Cc1ccc(CN(C)C(=O)NC[C@@H](C)CN2CCN(C)CC2)s1. The van der Waals surface area contributed by atoms with E-state index in [-0.39, 0.29) is 6.03 Å². The molecule has 0 unspecified atom stereocenters. The summed E-state index contributed by atoms with van der Waals surface area (Å²) < 4.78 is 0.